The second-order valence-corrected chi connectivity index (χ2v) is 7.54. The molecule has 0 aliphatic carbocycles. The predicted octanol–water partition coefficient (Wildman–Crippen LogP) is 0.731. The number of sulfonamides is 1. The van der Waals surface area contributed by atoms with Crippen LogP contribution < -0.4 is 5.69 Å². The maximum Gasteiger partial charge on any atom is 0.328 e. The normalized spacial score (nSPS) is 21.2. The number of nitrogens with zero attached hydrogens (tertiary/aromatic N) is 3. The van der Waals surface area contributed by atoms with E-state index in [4.69, 9.17) is 0 Å². The lowest BCUT2D eigenvalue weighted by Crippen LogP contribution is -2.41. The highest BCUT2D eigenvalue weighted by Gasteiger charge is 2.26. The third-order valence-corrected chi connectivity index (χ3v) is 5.06. The van der Waals surface area contributed by atoms with Crippen molar-refractivity contribution in [3.63, 3.8) is 0 Å². The highest BCUT2D eigenvalue weighted by Crippen LogP contribution is 2.19. The van der Waals surface area contributed by atoms with E-state index in [2.05, 4.69) is 0 Å². The van der Waals surface area contributed by atoms with Gasteiger partial charge in [-0.1, -0.05) is 6.92 Å². The SMILES string of the molecule is CCCn1ccn(CC2CCCN(S(C)(=O)=O)C2)c1=O. The minimum atomic E-state index is -3.12. The van der Waals surface area contributed by atoms with Crippen molar-refractivity contribution >= 4 is 10.0 Å². The van der Waals surface area contributed by atoms with Crippen molar-refractivity contribution in [2.75, 3.05) is 19.3 Å². The third kappa shape index (κ3) is 3.52. The molecular formula is C13H23N3O3S. The number of aryl methyl sites for hydroxylation is 1. The summed E-state index contributed by atoms with van der Waals surface area (Å²) in [6.07, 6.45) is 7.62. The maximum atomic E-state index is 12.1. The lowest BCUT2D eigenvalue weighted by molar-refractivity contribution is 0.244. The number of piperidine rings is 1. The van der Waals surface area contributed by atoms with Crippen LogP contribution in [0.5, 0.6) is 0 Å². The first-order chi connectivity index (χ1) is 9.41. The summed E-state index contributed by atoms with van der Waals surface area (Å²) >= 11 is 0. The van der Waals surface area contributed by atoms with Gasteiger partial charge in [0.2, 0.25) is 10.0 Å². The highest BCUT2D eigenvalue weighted by molar-refractivity contribution is 7.88. The lowest BCUT2D eigenvalue weighted by Gasteiger charge is -2.30. The number of rotatable bonds is 5. The molecule has 0 aromatic carbocycles. The molecule has 7 heteroatoms. The Labute approximate surface area is 120 Å². The van der Waals surface area contributed by atoms with Gasteiger partial charge in [-0.05, 0) is 25.2 Å². The van der Waals surface area contributed by atoms with Gasteiger partial charge in [-0.15, -0.1) is 0 Å². The van der Waals surface area contributed by atoms with Crippen LogP contribution in [0.15, 0.2) is 17.2 Å². The minimum Gasteiger partial charge on any atom is -0.299 e. The predicted molar refractivity (Wildman–Crippen MR) is 78.1 cm³/mol. The van der Waals surface area contributed by atoms with E-state index in [1.807, 2.05) is 13.1 Å². The molecule has 0 bridgehead atoms. The summed E-state index contributed by atoms with van der Waals surface area (Å²) in [4.78, 5) is 12.1. The van der Waals surface area contributed by atoms with Crippen molar-refractivity contribution in [1.29, 1.82) is 0 Å². The number of imidazole rings is 1. The molecule has 1 atom stereocenters. The second-order valence-electron chi connectivity index (χ2n) is 5.56. The van der Waals surface area contributed by atoms with Crippen LogP contribution in [0.2, 0.25) is 0 Å². The molecule has 0 radical (unpaired) electrons. The number of aromatic nitrogens is 2. The molecule has 114 valence electrons. The van der Waals surface area contributed by atoms with Gasteiger partial charge in [-0.2, -0.15) is 0 Å². The molecular weight excluding hydrogens is 278 g/mol. The number of hydrogen-bond acceptors (Lipinski definition) is 3. The minimum absolute atomic E-state index is 0.00308. The van der Waals surface area contributed by atoms with Gasteiger partial charge >= 0.3 is 5.69 Å². The van der Waals surface area contributed by atoms with Gasteiger partial charge in [0.15, 0.2) is 0 Å². The molecule has 6 nitrogen and oxygen atoms in total. The van der Waals surface area contributed by atoms with E-state index in [0.717, 1.165) is 25.8 Å². The zero-order chi connectivity index (χ0) is 14.8. The highest BCUT2D eigenvalue weighted by atomic mass is 32.2. The van der Waals surface area contributed by atoms with Gasteiger partial charge in [0, 0.05) is 38.6 Å². The van der Waals surface area contributed by atoms with Gasteiger partial charge in [0.05, 0.1) is 6.26 Å². The van der Waals surface area contributed by atoms with Gasteiger partial charge in [0.1, 0.15) is 0 Å². The van der Waals surface area contributed by atoms with Crippen LogP contribution in [-0.4, -0.2) is 41.2 Å². The molecule has 1 aromatic rings. The fourth-order valence-electron chi connectivity index (χ4n) is 2.76. The molecule has 1 aromatic heterocycles. The van der Waals surface area contributed by atoms with Gasteiger partial charge in [-0.3, -0.25) is 9.13 Å². The average Bonchev–Trinajstić information content (AvgIpc) is 2.72. The molecule has 1 unspecified atom stereocenters. The molecule has 0 saturated carbocycles. The van der Waals surface area contributed by atoms with Crippen molar-refractivity contribution in [3.8, 4) is 0 Å². The molecule has 0 spiro atoms. The van der Waals surface area contributed by atoms with Crippen LogP contribution in [0.25, 0.3) is 0 Å². The largest absolute Gasteiger partial charge is 0.328 e. The summed E-state index contributed by atoms with van der Waals surface area (Å²) in [6, 6.07) is 0. The fourth-order valence-corrected chi connectivity index (χ4v) is 3.70. The standard InChI is InChI=1S/C13H23N3O3S/c1-3-6-14-8-9-15(13(14)17)10-12-5-4-7-16(11-12)20(2,18)19/h8-9,12H,3-7,10-11H2,1-2H3. The smallest absolute Gasteiger partial charge is 0.299 e. The van der Waals surface area contributed by atoms with Crippen LogP contribution in [0.1, 0.15) is 26.2 Å². The first kappa shape index (κ1) is 15.3. The van der Waals surface area contributed by atoms with Crippen LogP contribution in [0.4, 0.5) is 0 Å². The summed E-state index contributed by atoms with van der Waals surface area (Å²) in [7, 11) is -3.12. The van der Waals surface area contributed by atoms with Crippen molar-refractivity contribution in [2.45, 2.75) is 39.3 Å². The molecule has 0 amide bonds. The monoisotopic (exact) mass is 301 g/mol. The Kier molecular flexibility index (Phi) is 4.70. The van der Waals surface area contributed by atoms with E-state index in [1.165, 1.54) is 10.6 Å². The molecule has 0 N–H and O–H groups in total. The Balaban J connectivity index is 2.05. The summed E-state index contributed by atoms with van der Waals surface area (Å²) in [6.45, 7) is 4.48. The van der Waals surface area contributed by atoms with E-state index < -0.39 is 10.0 Å². The molecule has 1 aliphatic rings. The first-order valence-electron chi connectivity index (χ1n) is 7.12. The molecule has 20 heavy (non-hydrogen) atoms. The molecule has 2 rings (SSSR count). The Morgan fingerprint density at radius 1 is 1.30 bits per heavy atom. The van der Waals surface area contributed by atoms with Crippen molar-refractivity contribution < 1.29 is 8.42 Å². The van der Waals surface area contributed by atoms with E-state index in [-0.39, 0.29) is 11.6 Å². The Morgan fingerprint density at radius 3 is 2.65 bits per heavy atom. The summed E-state index contributed by atoms with van der Waals surface area (Å²) in [5.74, 6) is 0.216. The zero-order valence-corrected chi connectivity index (χ0v) is 13.0. The van der Waals surface area contributed by atoms with Gasteiger partial charge < -0.3 is 0 Å². The Hall–Kier alpha value is -1.08. The number of hydrogen-bond donors (Lipinski definition) is 0. The maximum absolute atomic E-state index is 12.1. The van der Waals surface area contributed by atoms with Crippen LogP contribution in [0, 0.1) is 5.92 Å². The second kappa shape index (κ2) is 6.13. The molecule has 1 saturated heterocycles. The van der Waals surface area contributed by atoms with E-state index in [0.29, 0.717) is 19.6 Å². The van der Waals surface area contributed by atoms with E-state index in [1.54, 1.807) is 15.3 Å². The fraction of sp³-hybridized carbons (Fsp3) is 0.769. The summed E-state index contributed by atoms with van der Waals surface area (Å²) < 4.78 is 28.1. The average molecular weight is 301 g/mol. The molecule has 2 heterocycles. The molecule has 1 fully saturated rings. The van der Waals surface area contributed by atoms with Gasteiger partial charge in [-0.25, -0.2) is 17.5 Å². The molecule has 1 aliphatic heterocycles. The van der Waals surface area contributed by atoms with Crippen LogP contribution in [0.3, 0.4) is 0 Å². The zero-order valence-electron chi connectivity index (χ0n) is 12.2. The van der Waals surface area contributed by atoms with Crippen molar-refractivity contribution in [2.24, 2.45) is 5.92 Å². The van der Waals surface area contributed by atoms with Crippen LogP contribution in [-0.2, 0) is 23.1 Å². The lowest BCUT2D eigenvalue weighted by atomic mass is 10.00. The Bertz CT molecular complexity index is 603. The van der Waals surface area contributed by atoms with E-state index in [9.17, 15) is 13.2 Å². The van der Waals surface area contributed by atoms with Crippen molar-refractivity contribution in [3.05, 3.63) is 22.9 Å². The summed E-state index contributed by atoms with van der Waals surface area (Å²) in [5, 5.41) is 0. The van der Waals surface area contributed by atoms with Gasteiger partial charge in [0.25, 0.3) is 0 Å². The topological polar surface area (TPSA) is 64.3 Å². The third-order valence-electron chi connectivity index (χ3n) is 3.79. The van der Waals surface area contributed by atoms with Crippen LogP contribution >= 0.6 is 0 Å². The van der Waals surface area contributed by atoms with E-state index >= 15 is 0 Å². The Morgan fingerprint density at radius 2 is 2.00 bits per heavy atom. The van der Waals surface area contributed by atoms with Crippen molar-refractivity contribution in [1.82, 2.24) is 13.4 Å². The first-order valence-corrected chi connectivity index (χ1v) is 8.97. The summed E-state index contributed by atoms with van der Waals surface area (Å²) in [5.41, 5.74) is 0.00308. The quantitative estimate of drug-likeness (QED) is 0.805.